The highest BCUT2D eigenvalue weighted by molar-refractivity contribution is 4.93. The molecule has 2 aliphatic heterocycles. The zero-order chi connectivity index (χ0) is 11.0. The van der Waals surface area contributed by atoms with E-state index in [1.165, 1.54) is 45.2 Å². The third kappa shape index (κ3) is 2.13. The number of hydrogen-bond donors (Lipinski definition) is 1. The zero-order valence-corrected chi connectivity index (χ0v) is 10.1. The van der Waals surface area contributed by atoms with Crippen LogP contribution in [0.4, 0.5) is 0 Å². The van der Waals surface area contributed by atoms with Gasteiger partial charge in [-0.05, 0) is 37.5 Å². The number of rotatable bonds is 2. The van der Waals surface area contributed by atoms with Gasteiger partial charge in [-0.2, -0.15) is 0 Å². The maximum atomic E-state index is 6.23. The highest BCUT2D eigenvalue weighted by Gasteiger charge is 2.39. The predicted molar refractivity (Wildman–Crippen MR) is 64.2 cm³/mol. The average Bonchev–Trinajstić information content (AvgIpc) is 2.88. The average molecular weight is 224 g/mol. The number of likely N-dealkylation sites (tertiary alicyclic amines) is 1. The Labute approximate surface area is 98.3 Å². The van der Waals surface area contributed by atoms with Crippen LogP contribution in [0.1, 0.15) is 32.1 Å². The molecule has 3 nitrogen and oxygen atoms in total. The summed E-state index contributed by atoms with van der Waals surface area (Å²) in [4.78, 5) is 2.61. The van der Waals surface area contributed by atoms with Gasteiger partial charge in [-0.1, -0.05) is 6.42 Å². The standard InChI is InChI=1S/C13H24N2O/c14-13-5-1-3-10-7-15(9-12(10)13)8-11-4-2-6-16-11/h10-13H,1-9,14H2. The van der Waals surface area contributed by atoms with Crippen LogP contribution in [0.25, 0.3) is 0 Å². The van der Waals surface area contributed by atoms with Crippen LogP contribution in [0.3, 0.4) is 0 Å². The minimum atomic E-state index is 0.466. The van der Waals surface area contributed by atoms with Crippen LogP contribution in [-0.4, -0.2) is 43.3 Å². The molecule has 0 amide bonds. The lowest BCUT2D eigenvalue weighted by atomic mass is 9.78. The van der Waals surface area contributed by atoms with Crippen molar-refractivity contribution in [3.05, 3.63) is 0 Å². The van der Waals surface area contributed by atoms with E-state index in [4.69, 9.17) is 10.5 Å². The maximum absolute atomic E-state index is 6.23. The monoisotopic (exact) mass is 224 g/mol. The Morgan fingerprint density at radius 1 is 1.12 bits per heavy atom. The van der Waals surface area contributed by atoms with Crippen LogP contribution in [0.5, 0.6) is 0 Å². The highest BCUT2D eigenvalue weighted by Crippen LogP contribution is 2.35. The Kier molecular flexibility index (Phi) is 3.18. The Bertz CT molecular complexity index is 240. The second-order valence-electron chi connectivity index (χ2n) is 5.87. The minimum absolute atomic E-state index is 0.466. The van der Waals surface area contributed by atoms with E-state index in [0.717, 1.165) is 25.0 Å². The fourth-order valence-corrected chi connectivity index (χ4v) is 3.83. The Morgan fingerprint density at radius 2 is 2.06 bits per heavy atom. The van der Waals surface area contributed by atoms with E-state index in [1.807, 2.05) is 0 Å². The third-order valence-electron chi connectivity index (χ3n) is 4.72. The lowest BCUT2D eigenvalue weighted by Gasteiger charge is -2.29. The van der Waals surface area contributed by atoms with Crippen molar-refractivity contribution < 1.29 is 4.74 Å². The number of nitrogens with two attached hydrogens (primary N) is 1. The van der Waals surface area contributed by atoms with E-state index in [0.29, 0.717) is 12.1 Å². The van der Waals surface area contributed by atoms with Crippen molar-refractivity contribution in [3.63, 3.8) is 0 Å². The van der Waals surface area contributed by atoms with Crippen molar-refractivity contribution in [2.24, 2.45) is 17.6 Å². The molecule has 0 aromatic carbocycles. The van der Waals surface area contributed by atoms with E-state index < -0.39 is 0 Å². The van der Waals surface area contributed by atoms with E-state index in [1.54, 1.807) is 0 Å². The SMILES string of the molecule is NC1CCCC2CN(CC3CCCO3)CC12. The second-order valence-corrected chi connectivity index (χ2v) is 5.87. The molecule has 2 N–H and O–H groups in total. The van der Waals surface area contributed by atoms with Crippen molar-refractivity contribution in [2.45, 2.75) is 44.2 Å². The lowest BCUT2D eigenvalue weighted by molar-refractivity contribution is 0.0788. The first-order valence-electron chi connectivity index (χ1n) is 6.92. The first-order valence-corrected chi connectivity index (χ1v) is 6.92. The maximum Gasteiger partial charge on any atom is 0.0702 e. The van der Waals surface area contributed by atoms with Crippen molar-refractivity contribution in [1.82, 2.24) is 4.90 Å². The van der Waals surface area contributed by atoms with Gasteiger partial charge in [-0.15, -0.1) is 0 Å². The molecule has 2 saturated heterocycles. The number of ether oxygens (including phenoxy) is 1. The molecular weight excluding hydrogens is 200 g/mol. The van der Waals surface area contributed by atoms with E-state index in [2.05, 4.69) is 4.90 Å². The molecular formula is C13H24N2O. The van der Waals surface area contributed by atoms with Gasteiger partial charge in [-0.3, -0.25) is 0 Å². The summed E-state index contributed by atoms with van der Waals surface area (Å²) >= 11 is 0. The van der Waals surface area contributed by atoms with Gasteiger partial charge in [0.1, 0.15) is 0 Å². The van der Waals surface area contributed by atoms with Crippen molar-refractivity contribution >= 4 is 0 Å². The summed E-state index contributed by atoms with van der Waals surface area (Å²) in [7, 11) is 0. The first kappa shape index (κ1) is 11.0. The van der Waals surface area contributed by atoms with Crippen molar-refractivity contribution in [2.75, 3.05) is 26.2 Å². The summed E-state index contributed by atoms with van der Waals surface area (Å²) in [6.45, 7) is 4.63. The fraction of sp³-hybridized carbons (Fsp3) is 1.00. The summed E-state index contributed by atoms with van der Waals surface area (Å²) in [5.41, 5.74) is 6.23. The molecule has 3 aliphatic rings. The van der Waals surface area contributed by atoms with Crippen LogP contribution in [0, 0.1) is 11.8 Å². The molecule has 4 unspecified atom stereocenters. The molecule has 0 radical (unpaired) electrons. The lowest BCUT2D eigenvalue weighted by Crippen LogP contribution is -2.38. The van der Waals surface area contributed by atoms with Gasteiger partial charge in [-0.25, -0.2) is 0 Å². The smallest absolute Gasteiger partial charge is 0.0702 e. The summed E-state index contributed by atoms with van der Waals surface area (Å²) in [6.07, 6.45) is 7.02. The van der Waals surface area contributed by atoms with Gasteiger partial charge in [0.05, 0.1) is 6.10 Å². The molecule has 3 fully saturated rings. The van der Waals surface area contributed by atoms with Gasteiger partial charge in [0.2, 0.25) is 0 Å². The van der Waals surface area contributed by atoms with Crippen LogP contribution in [-0.2, 0) is 4.74 Å². The number of hydrogen-bond acceptors (Lipinski definition) is 3. The molecule has 0 aromatic heterocycles. The van der Waals surface area contributed by atoms with Crippen LogP contribution < -0.4 is 5.73 Å². The summed E-state index contributed by atoms with van der Waals surface area (Å²) in [5, 5.41) is 0. The molecule has 16 heavy (non-hydrogen) atoms. The molecule has 0 aromatic rings. The van der Waals surface area contributed by atoms with Gasteiger partial charge in [0.25, 0.3) is 0 Å². The van der Waals surface area contributed by atoms with Crippen LogP contribution in [0.2, 0.25) is 0 Å². The van der Waals surface area contributed by atoms with Gasteiger partial charge >= 0.3 is 0 Å². The van der Waals surface area contributed by atoms with E-state index in [-0.39, 0.29) is 0 Å². The van der Waals surface area contributed by atoms with Gasteiger partial charge in [0, 0.05) is 32.3 Å². The molecule has 4 atom stereocenters. The van der Waals surface area contributed by atoms with Crippen LogP contribution >= 0.6 is 0 Å². The van der Waals surface area contributed by atoms with Gasteiger partial charge in [0.15, 0.2) is 0 Å². The quantitative estimate of drug-likeness (QED) is 0.766. The molecule has 1 saturated carbocycles. The fourth-order valence-electron chi connectivity index (χ4n) is 3.83. The zero-order valence-electron chi connectivity index (χ0n) is 10.1. The number of nitrogens with zero attached hydrogens (tertiary/aromatic N) is 1. The van der Waals surface area contributed by atoms with Crippen LogP contribution in [0.15, 0.2) is 0 Å². The predicted octanol–water partition coefficient (Wildman–Crippen LogP) is 1.22. The Balaban J connectivity index is 1.54. The summed E-state index contributed by atoms with van der Waals surface area (Å²) in [5.74, 6) is 1.65. The topological polar surface area (TPSA) is 38.5 Å². The van der Waals surface area contributed by atoms with E-state index >= 15 is 0 Å². The molecule has 1 aliphatic carbocycles. The molecule has 2 heterocycles. The summed E-state index contributed by atoms with van der Waals surface area (Å²) in [6, 6.07) is 0.466. The Hall–Kier alpha value is -0.120. The normalized spacial score (nSPS) is 44.8. The molecule has 0 bridgehead atoms. The minimum Gasteiger partial charge on any atom is -0.377 e. The number of fused-ring (bicyclic) bond motifs is 1. The van der Waals surface area contributed by atoms with Gasteiger partial charge < -0.3 is 15.4 Å². The first-order chi connectivity index (χ1) is 7.83. The second kappa shape index (κ2) is 4.63. The third-order valence-corrected chi connectivity index (χ3v) is 4.72. The van der Waals surface area contributed by atoms with Crippen molar-refractivity contribution in [1.29, 1.82) is 0 Å². The molecule has 92 valence electrons. The largest absolute Gasteiger partial charge is 0.377 e. The molecule has 0 spiro atoms. The summed E-state index contributed by atoms with van der Waals surface area (Å²) < 4.78 is 5.72. The molecule has 3 rings (SSSR count). The Morgan fingerprint density at radius 3 is 2.81 bits per heavy atom. The molecule has 3 heteroatoms. The highest BCUT2D eigenvalue weighted by atomic mass is 16.5. The van der Waals surface area contributed by atoms with E-state index in [9.17, 15) is 0 Å². The van der Waals surface area contributed by atoms with Crippen molar-refractivity contribution in [3.8, 4) is 0 Å².